The Morgan fingerprint density at radius 1 is 1.42 bits per heavy atom. The van der Waals surface area contributed by atoms with Crippen molar-refractivity contribution < 1.29 is 0 Å². The highest BCUT2D eigenvalue weighted by molar-refractivity contribution is 6.30. The van der Waals surface area contributed by atoms with Crippen LogP contribution < -0.4 is 5.32 Å². The molecule has 1 aliphatic heterocycles. The molecule has 3 nitrogen and oxygen atoms in total. The highest BCUT2D eigenvalue weighted by atomic mass is 35.5. The number of nitriles is 1. The molecular formula is C15H20ClN3. The Bertz CT molecular complexity index is 459. The number of hydrogen-bond acceptors (Lipinski definition) is 3. The monoisotopic (exact) mass is 277 g/mol. The minimum atomic E-state index is 0.443. The molecule has 0 spiro atoms. The maximum absolute atomic E-state index is 9.11. The van der Waals surface area contributed by atoms with Crippen molar-refractivity contribution in [2.24, 2.45) is 0 Å². The van der Waals surface area contributed by atoms with Gasteiger partial charge in [-0.1, -0.05) is 18.5 Å². The Labute approximate surface area is 120 Å². The van der Waals surface area contributed by atoms with Gasteiger partial charge >= 0.3 is 0 Å². The third-order valence-electron chi connectivity index (χ3n) is 3.59. The zero-order valence-electron chi connectivity index (χ0n) is 11.3. The number of benzene rings is 1. The van der Waals surface area contributed by atoms with Crippen LogP contribution in [0.15, 0.2) is 18.2 Å². The number of piperidine rings is 1. The van der Waals surface area contributed by atoms with Crippen molar-refractivity contribution in [3.8, 4) is 6.07 Å². The third-order valence-corrected chi connectivity index (χ3v) is 3.82. The Hall–Kier alpha value is -1.24. The first kappa shape index (κ1) is 14.2. The summed E-state index contributed by atoms with van der Waals surface area (Å²) >= 11 is 6.00. The number of nitrogens with one attached hydrogen (secondary N) is 1. The molecule has 1 heterocycles. The average molecular weight is 278 g/mol. The first-order valence-corrected chi connectivity index (χ1v) is 7.29. The molecule has 0 bridgehead atoms. The minimum absolute atomic E-state index is 0.443. The van der Waals surface area contributed by atoms with Crippen LogP contribution in [0.4, 0.5) is 5.69 Å². The lowest BCUT2D eigenvalue weighted by Gasteiger charge is -2.32. The van der Waals surface area contributed by atoms with Gasteiger partial charge in [0.1, 0.15) is 6.07 Å². The van der Waals surface area contributed by atoms with Gasteiger partial charge in [-0.15, -0.1) is 0 Å². The molecule has 0 aliphatic carbocycles. The highest BCUT2D eigenvalue weighted by Crippen LogP contribution is 2.23. The fourth-order valence-electron chi connectivity index (χ4n) is 2.57. The molecule has 1 aromatic rings. The van der Waals surface area contributed by atoms with Gasteiger partial charge in [0.15, 0.2) is 0 Å². The maximum Gasteiger partial charge on any atom is 0.101 e. The molecule has 1 aromatic carbocycles. The van der Waals surface area contributed by atoms with Crippen LogP contribution in [0.5, 0.6) is 0 Å². The SMILES string of the molecule is CCCN1CCC(Nc2cc(Cl)ccc2C#N)CC1. The van der Waals surface area contributed by atoms with Gasteiger partial charge < -0.3 is 10.2 Å². The number of hydrogen-bond donors (Lipinski definition) is 1. The zero-order valence-corrected chi connectivity index (χ0v) is 12.1. The van der Waals surface area contributed by atoms with Crippen LogP contribution >= 0.6 is 11.6 Å². The molecular weight excluding hydrogens is 258 g/mol. The molecule has 0 amide bonds. The van der Waals surface area contributed by atoms with E-state index in [0.29, 0.717) is 16.6 Å². The van der Waals surface area contributed by atoms with E-state index in [-0.39, 0.29) is 0 Å². The van der Waals surface area contributed by atoms with Crippen molar-refractivity contribution >= 4 is 17.3 Å². The molecule has 0 unspecified atom stereocenters. The van der Waals surface area contributed by atoms with Crippen molar-refractivity contribution in [2.45, 2.75) is 32.2 Å². The van der Waals surface area contributed by atoms with E-state index in [1.54, 1.807) is 12.1 Å². The van der Waals surface area contributed by atoms with Crippen LogP contribution in [0, 0.1) is 11.3 Å². The molecule has 19 heavy (non-hydrogen) atoms. The van der Waals surface area contributed by atoms with Crippen LogP contribution in [-0.4, -0.2) is 30.6 Å². The standard InChI is InChI=1S/C15H20ClN3/c1-2-7-19-8-5-14(6-9-19)18-15-10-13(16)4-3-12(15)11-17/h3-4,10,14,18H,2,5-9H2,1H3. The summed E-state index contributed by atoms with van der Waals surface area (Å²) in [6.45, 7) is 5.67. The number of nitrogens with zero attached hydrogens (tertiary/aromatic N) is 2. The van der Waals surface area contributed by atoms with Gasteiger partial charge in [-0.25, -0.2) is 0 Å². The van der Waals surface area contributed by atoms with Gasteiger partial charge in [0.05, 0.1) is 11.3 Å². The Balaban J connectivity index is 1.96. The molecule has 1 aliphatic rings. The molecule has 102 valence electrons. The Kier molecular flexibility index (Phi) is 5.07. The lowest BCUT2D eigenvalue weighted by atomic mass is 10.0. The average Bonchev–Trinajstić information content (AvgIpc) is 2.42. The van der Waals surface area contributed by atoms with Gasteiger partial charge in [-0.2, -0.15) is 5.26 Å². The summed E-state index contributed by atoms with van der Waals surface area (Å²) in [6.07, 6.45) is 3.46. The first-order valence-electron chi connectivity index (χ1n) is 6.91. The molecule has 0 aromatic heterocycles. The summed E-state index contributed by atoms with van der Waals surface area (Å²) in [6, 6.07) is 8.03. The molecule has 0 radical (unpaired) electrons. The summed E-state index contributed by atoms with van der Waals surface area (Å²) in [7, 11) is 0. The second-order valence-electron chi connectivity index (χ2n) is 5.06. The van der Waals surface area contributed by atoms with Gasteiger partial charge in [0, 0.05) is 24.2 Å². The number of halogens is 1. The molecule has 1 N–H and O–H groups in total. The van der Waals surface area contributed by atoms with Gasteiger partial charge in [-0.3, -0.25) is 0 Å². The van der Waals surface area contributed by atoms with E-state index in [4.69, 9.17) is 16.9 Å². The van der Waals surface area contributed by atoms with E-state index in [1.807, 2.05) is 6.07 Å². The van der Waals surface area contributed by atoms with Gasteiger partial charge in [0.2, 0.25) is 0 Å². The lowest BCUT2D eigenvalue weighted by Crippen LogP contribution is -2.39. The van der Waals surface area contributed by atoms with Crippen LogP contribution in [0.3, 0.4) is 0 Å². The van der Waals surface area contributed by atoms with E-state index < -0.39 is 0 Å². The van der Waals surface area contributed by atoms with Gasteiger partial charge in [-0.05, 0) is 44.0 Å². The largest absolute Gasteiger partial charge is 0.381 e. The molecule has 1 fully saturated rings. The van der Waals surface area contributed by atoms with Crippen molar-refractivity contribution in [2.75, 3.05) is 25.0 Å². The van der Waals surface area contributed by atoms with Crippen LogP contribution in [0.25, 0.3) is 0 Å². The van der Waals surface area contributed by atoms with E-state index in [1.165, 1.54) is 13.0 Å². The first-order chi connectivity index (χ1) is 9.22. The third kappa shape index (κ3) is 3.86. The van der Waals surface area contributed by atoms with Crippen LogP contribution in [0.1, 0.15) is 31.7 Å². The fourth-order valence-corrected chi connectivity index (χ4v) is 2.74. The topological polar surface area (TPSA) is 39.1 Å². The zero-order chi connectivity index (χ0) is 13.7. The summed E-state index contributed by atoms with van der Waals surface area (Å²) in [5.41, 5.74) is 1.53. The van der Waals surface area contributed by atoms with Crippen molar-refractivity contribution in [3.05, 3.63) is 28.8 Å². The highest BCUT2D eigenvalue weighted by Gasteiger charge is 2.19. The van der Waals surface area contributed by atoms with Crippen LogP contribution in [0.2, 0.25) is 5.02 Å². The molecule has 0 atom stereocenters. The quantitative estimate of drug-likeness (QED) is 0.916. The maximum atomic E-state index is 9.11. The van der Waals surface area contributed by atoms with Gasteiger partial charge in [0.25, 0.3) is 0 Å². The Morgan fingerprint density at radius 3 is 2.79 bits per heavy atom. The predicted molar refractivity (Wildman–Crippen MR) is 79.5 cm³/mol. The van der Waals surface area contributed by atoms with E-state index in [0.717, 1.165) is 31.6 Å². The fraction of sp³-hybridized carbons (Fsp3) is 0.533. The van der Waals surface area contributed by atoms with Crippen LogP contribution in [-0.2, 0) is 0 Å². The van der Waals surface area contributed by atoms with Crippen molar-refractivity contribution in [1.29, 1.82) is 5.26 Å². The summed E-state index contributed by atoms with van der Waals surface area (Å²) in [4.78, 5) is 2.50. The normalized spacial score (nSPS) is 17.1. The smallest absolute Gasteiger partial charge is 0.101 e. The van der Waals surface area contributed by atoms with E-state index >= 15 is 0 Å². The second kappa shape index (κ2) is 6.79. The summed E-state index contributed by atoms with van der Waals surface area (Å²) in [5.74, 6) is 0. The summed E-state index contributed by atoms with van der Waals surface area (Å²) < 4.78 is 0. The predicted octanol–water partition coefficient (Wildman–Crippen LogP) is 3.50. The van der Waals surface area contributed by atoms with Crippen molar-refractivity contribution in [1.82, 2.24) is 4.90 Å². The van der Waals surface area contributed by atoms with E-state index in [9.17, 15) is 0 Å². The Morgan fingerprint density at radius 2 is 2.16 bits per heavy atom. The number of likely N-dealkylation sites (tertiary alicyclic amines) is 1. The summed E-state index contributed by atoms with van der Waals surface area (Å²) in [5, 5.41) is 13.3. The number of anilines is 1. The molecule has 0 saturated carbocycles. The minimum Gasteiger partial charge on any atom is -0.381 e. The molecule has 2 rings (SSSR count). The van der Waals surface area contributed by atoms with E-state index in [2.05, 4.69) is 23.2 Å². The number of rotatable bonds is 4. The lowest BCUT2D eigenvalue weighted by molar-refractivity contribution is 0.219. The second-order valence-corrected chi connectivity index (χ2v) is 5.50. The van der Waals surface area contributed by atoms with Crippen molar-refractivity contribution in [3.63, 3.8) is 0 Å². The molecule has 1 saturated heterocycles. The molecule has 4 heteroatoms.